The molecule has 3 rings (SSSR count). The van der Waals surface area contributed by atoms with Crippen LogP contribution in [0.5, 0.6) is 0 Å². The zero-order chi connectivity index (χ0) is 15.9. The van der Waals surface area contributed by atoms with Crippen molar-refractivity contribution in [1.82, 2.24) is 9.88 Å². The minimum absolute atomic E-state index is 0.172. The van der Waals surface area contributed by atoms with Gasteiger partial charge in [0.1, 0.15) is 0 Å². The van der Waals surface area contributed by atoms with Crippen molar-refractivity contribution in [3.63, 3.8) is 0 Å². The number of nitrogens with zero attached hydrogens (tertiary/aromatic N) is 2. The summed E-state index contributed by atoms with van der Waals surface area (Å²) in [6, 6.07) is 12.0. The van der Waals surface area contributed by atoms with Gasteiger partial charge in [0.15, 0.2) is 0 Å². The van der Waals surface area contributed by atoms with E-state index < -0.39 is 0 Å². The van der Waals surface area contributed by atoms with Crippen molar-refractivity contribution in [3.8, 4) is 0 Å². The number of anilines is 1. The second-order valence-electron chi connectivity index (χ2n) is 5.58. The topological polar surface area (TPSA) is 54.5 Å². The lowest BCUT2D eigenvalue weighted by Gasteiger charge is -2.26. The van der Waals surface area contributed by atoms with Crippen molar-refractivity contribution in [3.05, 3.63) is 59.9 Å². The predicted octanol–water partition coefficient (Wildman–Crippen LogP) is 2.09. The van der Waals surface area contributed by atoms with Gasteiger partial charge in [-0.15, -0.1) is 0 Å². The number of carbonyl (C=O) groups excluding carboxylic acids is 1. The molecule has 5 nitrogen and oxygen atoms in total. The Morgan fingerprint density at radius 1 is 1.04 bits per heavy atom. The maximum Gasteiger partial charge on any atom is 0.227 e. The van der Waals surface area contributed by atoms with Crippen molar-refractivity contribution in [2.45, 2.75) is 13.0 Å². The lowest BCUT2D eigenvalue weighted by molar-refractivity contribution is -0.134. The summed E-state index contributed by atoms with van der Waals surface area (Å²) in [7, 11) is 0. The van der Waals surface area contributed by atoms with Crippen LogP contribution in [0, 0.1) is 0 Å². The molecule has 1 aliphatic heterocycles. The highest BCUT2D eigenvalue weighted by atomic mass is 16.5. The average Bonchev–Trinajstić information content (AvgIpc) is 2.63. The molecular formula is C18H21N3O2. The zero-order valence-corrected chi connectivity index (χ0v) is 13.1. The van der Waals surface area contributed by atoms with Gasteiger partial charge < -0.3 is 15.0 Å². The Morgan fingerprint density at radius 2 is 1.74 bits per heavy atom. The third-order valence-corrected chi connectivity index (χ3v) is 3.92. The number of ether oxygens (including phenoxy) is 1. The molecule has 1 aromatic carbocycles. The summed E-state index contributed by atoms with van der Waals surface area (Å²) in [5, 5.41) is 3.37. The van der Waals surface area contributed by atoms with E-state index in [0.717, 1.165) is 17.8 Å². The van der Waals surface area contributed by atoms with Gasteiger partial charge in [0.05, 0.1) is 19.6 Å². The number of benzene rings is 1. The molecular weight excluding hydrogens is 290 g/mol. The van der Waals surface area contributed by atoms with Crippen LogP contribution in [0.25, 0.3) is 0 Å². The molecule has 2 heterocycles. The van der Waals surface area contributed by atoms with Crippen molar-refractivity contribution < 1.29 is 9.53 Å². The molecule has 5 heteroatoms. The van der Waals surface area contributed by atoms with E-state index in [1.165, 1.54) is 5.56 Å². The molecule has 1 aromatic heterocycles. The molecule has 0 aliphatic carbocycles. The summed E-state index contributed by atoms with van der Waals surface area (Å²) in [4.78, 5) is 18.1. The van der Waals surface area contributed by atoms with Gasteiger partial charge in [-0.25, -0.2) is 0 Å². The highest BCUT2D eigenvalue weighted by Gasteiger charge is 2.16. The minimum Gasteiger partial charge on any atom is -0.381 e. The molecule has 120 valence electrons. The van der Waals surface area contributed by atoms with Crippen molar-refractivity contribution in [2.75, 3.05) is 31.6 Å². The van der Waals surface area contributed by atoms with Crippen LogP contribution in [0.2, 0.25) is 0 Å². The monoisotopic (exact) mass is 311 g/mol. The fraction of sp³-hybridized carbons (Fsp3) is 0.333. The Kier molecular flexibility index (Phi) is 5.21. The molecule has 0 radical (unpaired) electrons. The molecule has 23 heavy (non-hydrogen) atoms. The van der Waals surface area contributed by atoms with Gasteiger partial charge in [0, 0.05) is 37.7 Å². The number of aromatic nitrogens is 1. The first-order valence-electron chi connectivity index (χ1n) is 7.88. The summed E-state index contributed by atoms with van der Waals surface area (Å²) in [6.45, 7) is 3.44. The normalized spacial score (nSPS) is 14.5. The Labute approximate surface area is 136 Å². The Morgan fingerprint density at radius 3 is 2.43 bits per heavy atom. The Balaban J connectivity index is 1.51. The van der Waals surface area contributed by atoms with Crippen molar-refractivity contribution in [2.24, 2.45) is 0 Å². The molecule has 0 unspecified atom stereocenters. The summed E-state index contributed by atoms with van der Waals surface area (Å²) in [5.74, 6) is 0.172. The summed E-state index contributed by atoms with van der Waals surface area (Å²) in [6.07, 6.45) is 4.03. The first kappa shape index (κ1) is 15.5. The van der Waals surface area contributed by atoms with Gasteiger partial charge in [0.2, 0.25) is 5.91 Å². The van der Waals surface area contributed by atoms with Gasteiger partial charge in [-0.2, -0.15) is 0 Å². The SMILES string of the molecule is O=C(Cc1ccc(NCc2ccncc2)cc1)N1CCOCC1. The lowest BCUT2D eigenvalue weighted by Crippen LogP contribution is -2.41. The fourth-order valence-electron chi connectivity index (χ4n) is 2.54. The van der Waals surface area contributed by atoms with Gasteiger partial charge in [-0.1, -0.05) is 12.1 Å². The standard InChI is InChI=1S/C18H21N3O2/c22-18(21-9-11-23-12-10-21)13-15-1-3-17(4-2-15)20-14-16-5-7-19-8-6-16/h1-8,20H,9-14H2. The largest absolute Gasteiger partial charge is 0.381 e. The number of hydrogen-bond donors (Lipinski definition) is 1. The Hall–Kier alpha value is -2.40. The third-order valence-electron chi connectivity index (χ3n) is 3.92. The van der Waals surface area contributed by atoms with Gasteiger partial charge in [-0.3, -0.25) is 9.78 Å². The number of amides is 1. The van der Waals surface area contributed by atoms with E-state index in [9.17, 15) is 4.79 Å². The van der Waals surface area contributed by atoms with E-state index in [0.29, 0.717) is 32.7 Å². The quantitative estimate of drug-likeness (QED) is 0.919. The number of rotatable bonds is 5. The highest BCUT2D eigenvalue weighted by molar-refractivity contribution is 5.79. The Bertz CT molecular complexity index is 622. The smallest absolute Gasteiger partial charge is 0.227 e. The molecule has 1 fully saturated rings. The highest BCUT2D eigenvalue weighted by Crippen LogP contribution is 2.13. The van der Waals surface area contributed by atoms with E-state index in [2.05, 4.69) is 10.3 Å². The average molecular weight is 311 g/mol. The van der Waals surface area contributed by atoms with Crippen LogP contribution in [0.15, 0.2) is 48.8 Å². The molecule has 0 atom stereocenters. The first-order valence-corrected chi connectivity index (χ1v) is 7.88. The van der Waals surface area contributed by atoms with Crippen molar-refractivity contribution >= 4 is 11.6 Å². The molecule has 1 amide bonds. The van der Waals surface area contributed by atoms with E-state index in [-0.39, 0.29) is 5.91 Å². The van der Waals surface area contributed by atoms with Crippen LogP contribution in [0.4, 0.5) is 5.69 Å². The van der Waals surface area contributed by atoms with Gasteiger partial charge >= 0.3 is 0 Å². The van der Waals surface area contributed by atoms with E-state index in [1.54, 1.807) is 12.4 Å². The molecule has 0 saturated carbocycles. The second-order valence-corrected chi connectivity index (χ2v) is 5.58. The molecule has 0 spiro atoms. The van der Waals surface area contributed by atoms with Gasteiger partial charge in [0.25, 0.3) is 0 Å². The summed E-state index contributed by atoms with van der Waals surface area (Å²) >= 11 is 0. The number of hydrogen-bond acceptors (Lipinski definition) is 4. The molecule has 1 N–H and O–H groups in total. The number of morpholine rings is 1. The van der Waals surface area contributed by atoms with Crippen LogP contribution in [0.3, 0.4) is 0 Å². The number of pyridine rings is 1. The number of carbonyl (C=O) groups is 1. The van der Waals surface area contributed by atoms with E-state index in [4.69, 9.17) is 4.74 Å². The summed E-state index contributed by atoms with van der Waals surface area (Å²) < 4.78 is 5.27. The third kappa shape index (κ3) is 4.53. The molecule has 1 aliphatic rings. The first-order chi connectivity index (χ1) is 11.3. The van der Waals surface area contributed by atoms with Crippen LogP contribution in [-0.4, -0.2) is 42.1 Å². The number of nitrogens with one attached hydrogen (secondary N) is 1. The summed E-state index contributed by atoms with van der Waals surface area (Å²) in [5.41, 5.74) is 3.27. The van der Waals surface area contributed by atoms with Crippen molar-refractivity contribution in [1.29, 1.82) is 0 Å². The lowest BCUT2D eigenvalue weighted by atomic mass is 10.1. The van der Waals surface area contributed by atoms with Crippen LogP contribution in [0.1, 0.15) is 11.1 Å². The predicted molar refractivity (Wildman–Crippen MR) is 89.1 cm³/mol. The van der Waals surface area contributed by atoms with Gasteiger partial charge in [-0.05, 0) is 35.4 Å². The second kappa shape index (κ2) is 7.74. The molecule has 1 saturated heterocycles. The maximum atomic E-state index is 12.2. The molecule has 0 bridgehead atoms. The van der Waals surface area contributed by atoms with Crippen LogP contribution in [-0.2, 0) is 22.5 Å². The van der Waals surface area contributed by atoms with Crippen LogP contribution < -0.4 is 5.32 Å². The zero-order valence-electron chi connectivity index (χ0n) is 13.1. The molecule has 2 aromatic rings. The van der Waals surface area contributed by atoms with E-state index >= 15 is 0 Å². The van der Waals surface area contributed by atoms with E-state index in [1.807, 2.05) is 41.3 Å². The van der Waals surface area contributed by atoms with Crippen LogP contribution >= 0.6 is 0 Å². The fourth-order valence-corrected chi connectivity index (χ4v) is 2.54. The minimum atomic E-state index is 0.172. The maximum absolute atomic E-state index is 12.2.